The van der Waals surface area contributed by atoms with Gasteiger partial charge in [-0.05, 0) is 53.3 Å². The fourth-order valence-corrected chi connectivity index (χ4v) is 2.12. The predicted octanol–water partition coefficient (Wildman–Crippen LogP) is 4.00. The summed E-state index contributed by atoms with van der Waals surface area (Å²) in [7, 11) is 2.10. The van der Waals surface area contributed by atoms with Crippen LogP contribution in [0.1, 0.15) is 55.1 Å². The van der Waals surface area contributed by atoms with Crippen LogP contribution in [0.15, 0.2) is 18.2 Å². The maximum atomic E-state index is 12.2. The molecular weight excluding hydrogens is 234 g/mol. The van der Waals surface area contributed by atoms with Crippen LogP contribution in [0, 0.1) is 13.8 Å². The van der Waals surface area contributed by atoms with E-state index in [9.17, 15) is 4.79 Å². The Morgan fingerprint density at radius 3 is 2.16 bits per heavy atom. The molecule has 0 amide bonds. The lowest BCUT2D eigenvalue weighted by Crippen LogP contribution is -2.41. The minimum absolute atomic E-state index is 0.156. The molecule has 0 heterocycles. The normalized spacial score (nSPS) is 11.9. The van der Waals surface area contributed by atoms with Gasteiger partial charge in [-0.3, -0.25) is 4.79 Å². The van der Waals surface area contributed by atoms with Gasteiger partial charge in [-0.25, -0.2) is 0 Å². The van der Waals surface area contributed by atoms with Crippen molar-refractivity contribution in [2.24, 2.45) is 0 Å². The van der Waals surface area contributed by atoms with Gasteiger partial charge in [0.25, 0.3) is 0 Å². The van der Waals surface area contributed by atoms with E-state index >= 15 is 0 Å². The first-order valence-corrected chi connectivity index (χ1v) is 7.09. The lowest BCUT2D eigenvalue weighted by molar-refractivity contribution is 0.0929. The zero-order valence-corrected chi connectivity index (χ0v) is 13.2. The van der Waals surface area contributed by atoms with Gasteiger partial charge in [0.1, 0.15) is 0 Å². The Bertz CT molecular complexity index is 428. The van der Waals surface area contributed by atoms with Crippen molar-refractivity contribution in [2.45, 2.75) is 53.0 Å². The molecule has 0 aliphatic carbocycles. The van der Waals surface area contributed by atoms with Crippen molar-refractivity contribution in [1.82, 2.24) is 4.90 Å². The molecule has 0 aliphatic heterocycles. The van der Waals surface area contributed by atoms with Crippen LogP contribution < -0.4 is 0 Å². The molecule has 0 saturated carbocycles. The highest BCUT2D eigenvalue weighted by molar-refractivity contribution is 5.96. The van der Waals surface area contributed by atoms with Crippen LogP contribution in [0.5, 0.6) is 0 Å². The minimum Gasteiger partial charge on any atom is -0.301 e. The van der Waals surface area contributed by atoms with Gasteiger partial charge in [-0.15, -0.1) is 0 Å². The average molecular weight is 261 g/mol. The smallest absolute Gasteiger partial charge is 0.164 e. The van der Waals surface area contributed by atoms with E-state index < -0.39 is 0 Å². The fourth-order valence-electron chi connectivity index (χ4n) is 2.12. The van der Waals surface area contributed by atoms with Crippen molar-refractivity contribution in [1.29, 1.82) is 0 Å². The number of carbonyl (C=O) groups excluding carboxylic acids is 1. The summed E-state index contributed by atoms with van der Waals surface area (Å²) in [5.74, 6) is 0.241. The van der Waals surface area contributed by atoms with Crippen LogP contribution in [0.3, 0.4) is 0 Å². The number of hydrogen-bond acceptors (Lipinski definition) is 2. The molecular formula is C17H27NO. The van der Waals surface area contributed by atoms with E-state index in [-0.39, 0.29) is 11.3 Å². The van der Waals surface area contributed by atoms with Crippen LogP contribution in [-0.2, 0) is 0 Å². The topological polar surface area (TPSA) is 20.3 Å². The van der Waals surface area contributed by atoms with E-state index in [0.29, 0.717) is 6.42 Å². The van der Waals surface area contributed by atoms with Gasteiger partial charge < -0.3 is 4.90 Å². The lowest BCUT2D eigenvalue weighted by atomic mass is 9.98. The summed E-state index contributed by atoms with van der Waals surface area (Å²) in [6.45, 7) is 11.5. The summed E-state index contributed by atoms with van der Waals surface area (Å²) in [5.41, 5.74) is 3.32. The Balaban J connectivity index is 2.66. The molecule has 0 radical (unpaired) electrons. The SMILES string of the molecule is CCC(C)(C)N(C)CCC(=O)c1cc(C)cc(C)c1. The Hall–Kier alpha value is -1.15. The highest BCUT2D eigenvalue weighted by Gasteiger charge is 2.21. The molecule has 0 atom stereocenters. The first-order valence-electron chi connectivity index (χ1n) is 7.09. The van der Waals surface area contributed by atoms with E-state index in [2.05, 4.69) is 38.8 Å². The number of hydrogen-bond donors (Lipinski definition) is 0. The van der Waals surface area contributed by atoms with E-state index in [4.69, 9.17) is 0 Å². The molecule has 0 unspecified atom stereocenters. The quantitative estimate of drug-likeness (QED) is 0.721. The molecule has 1 rings (SSSR count). The van der Waals surface area contributed by atoms with Crippen molar-refractivity contribution in [2.75, 3.05) is 13.6 Å². The average Bonchev–Trinajstić information content (AvgIpc) is 2.34. The molecule has 2 nitrogen and oxygen atoms in total. The molecule has 0 saturated heterocycles. The third-order valence-corrected chi connectivity index (χ3v) is 4.12. The zero-order chi connectivity index (χ0) is 14.6. The van der Waals surface area contributed by atoms with Gasteiger partial charge in [0.2, 0.25) is 0 Å². The molecule has 19 heavy (non-hydrogen) atoms. The van der Waals surface area contributed by atoms with Crippen LogP contribution in [0.4, 0.5) is 0 Å². The number of nitrogens with zero attached hydrogens (tertiary/aromatic N) is 1. The fraction of sp³-hybridized carbons (Fsp3) is 0.588. The Morgan fingerprint density at radius 2 is 1.68 bits per heavy atom. The molecule has 2 heteroatoms. The van der Waals surface area contributed by atoms with Crippen LogP contribution in [0.25, 0.3) is 0 Å². The lowest BCUT2D eigenvalue weighted by Gasteiger charge is -2.34. The van der Waals surface area contributed by atoms with E-state index in [1.165, 1.54) is 0 Å². The summed E-state index contributed by atoms with van der Waals surface area (Å²) >= 11 is 0. The van der Waals surface area contributed by atoms with Gasteiger partial charge in [0.05, 0.1) is 0 Å². The summed E-state index contributed by atoms with van der Waals surface area (Å²) in [6.07, 6.45) is 1.67. The molecule has 1 aromatic carbocycles. The molecule has 0 aliphatic rings. The number of carbonyl (C=O) groups is 1. The second-order valence-electron chi connectivity index (χ2n) is 6.14. The number of aryl methyl sites for hydroxylation is 2. The van der Waals surface area contributed by atoms with Gasteiger partial charge in [0.15, 0.2) is 5.78 Å². The highest BCUT2D eigenvalue weighted by atomic mass is 16.1. The summed E-state index contributed by atoms with van der Waals surface area (Å²) < 4.78 is 0. The summed E-state index contributed by atoms with van der Waals surface area (Å²) in [6, 6.07) is 6.07. The molecule has 0 fully saturated rings. The number of benzene rings is 1. The second-order valence-corrected chi connectivity index (χ2v) is 6.14. The molecule has 0 spiro atoms. The van der Waals surface area contributed by atoms with Crippen molar-refractivity contribution >= 4 is 5.78 Å². The molecule has 1 aromatic rings. The van der Waals surface area contributed by atoms with Gasteiger partial charge in [-0.1, -0.05) is 24.1 Å². The number of rotatable bonds is 6. The second kappa shape index (κ2) is 6.33. The first kappa shape index (κ1) is 15.9. The summed E-state index contributed by atoms with van der Waals surface area (Å²) in [5, 5.41) is 0. The predicted molar refractivity (Wildman–Crippen MR) is 81.9 cm³/mol. The van der Waals surface area contributed by atoms with Gasteiger partial charge in [-0.2, -0.15) is 0 Å². The van der Waals surface area contributed by atoms with Crippen molar-refractivity contribution in [3.05, 3.63) is 34.9 Å². The molecule has 0 bridgehead atoms. The zero-order valence-electron chi connectivity index (χ0n) is 13.2. The van der Waals surface area contributed by atoms with Crippen molar-refractivity contribution in [3.8, 4) is 0 Å². The third-order valence-electron chi connectivity index (χ3n) is 4.12. The number of Topliss-reactive ketones (excluding diaryl/α,β-unsaturated/α-hetero) is 1. The molecule has 0 N–H and O–H groups in total. The maximum absolute atomic E-state index is 12.2. The highest BCUT2D eigenvalue weighted by Crippen LogP contribution is 2.17. The number of ketones is 1. The Morgan fingerprint density at radius 1 is 1.16 bits per heavy atom. The van der Waals surface area contributed by atoms with E-state index in [1.807, 2.05) is 26.0 Å². The van der Waals surface area contributed by atoms with Gasteiger partial charge >= 0.3 is 0 Å². The maximum Gasteiger partial charge on any atom is 0.164 e. The first-order chi connectivity index (χ1) is 8.76. The van der Waals surface area contributed by atoms with E-state index in [0.717, 1.165) is 29.7 Å². The third kappa shape index (κ3) is 4.46. The van der Waals surface area contributed by atoms with Crippen LogP contribution in [0.2, 0.25) is 0 Å². The van der Waals surface area contributed by atoms with Crippen LogP contribution >= 0.6 is 0 Å². The molecule has 0 aromatic heterocycles. The monoisotopic (exact) mass is 261 g/mol. The standard InChI is InChI=1S/C17H27NO/c1-7-17(4,5)18(6)9-8-16(19)15-11-13(2)10-14(3)12-15/h10-12H,7-9H2,1-6H3. The largest absolute Gasteiger partial charge is 0.301 e. The van der Waals surface area contributed by atoms with Crippen molar-refractivity contribution < 1.29 is 4.79 Å². The summed E-state index contributed by atoms with van der Waals surface area (Å²) in [4.78, 5) is 14.5. The van der Waals surface area contributed by atoms with Gasteiger partial charge in [0, 0.05) is 24.1 Å². The van der Waals surface area contributed by atoms with Crippen LogP contribution in [-0.4, -0.2) is 29.8 Å². The van der Waals surface area contributed by atoms with Crippen molar-refractivity contribution in [3.63, 3.8) is 0 Å². The minimum atomic E-state index is 0.156. The molecule has 106 valence electrons. The van der Waals surface area contributed by atoms with E-state index in [1.54, 1.807) is 0 Å². The Kier molecular flexibility index (Phi) is 5.30. The Labute approximate surface area is 117 Å².